The van der Waals surface area contributed by atoms with E-state index < -0.39 is 10.1 Å². The minimum atomic E-state index is -4.26. The summed E-state index contributed by atoms with van der Waals surface area (Å²) in [6, 6.07) is 7.67. The van der Waals surface area contributed by atoms with Crippen molar-refractivity contribution in [1.82, 2.24) is 10.4 Å². The molecule has 0 spiro atoms. The summed E-state index contributed by atoms with van der Waals surface area (Å²) in [6.07, 6.45) is 0. The van der Waals surface area contributed by atoms with Gasteiger partial charge in [-0.25, -0.2) is 0 Å². The Bertz CT molecular complexity index is 823. The highest BCUT2D eigenvalue weighted by Crippen LogP contribution is 2.28. The molecule has 1 N–H and O–H groups in total. The van der Waals surface area contributed by atoms with E-state index in [2.05, 4.69) is 10.4 Å². The molecule has 0 unspecified atom stereocenters. The Morgan fingerprint density at radius 2 is 1.94 bits per heavy atom. The van der Waals surface area contributed by atoms with Gasteiger partial charge >= 0.3 is 0 Å². The Morgan fingerprint density at radius 3 is 2.71 bits per heavy atom. The number of nitrogens with zero attached hydrogens (tertiary/aromatic N) is 2. The van der Waals surface area contributed by atoms with E-state index in [-0.39, 0.29) is 4.90 Å². The third-order valence-corrected chi connectivity index (χ3v) is 3.42. The number of fused-ring (bicyclic) bond motifs is 3. The van der Waals surface area contributed by atoms with Gasteiger partial charge in [0, 0.05) is 16.0 Å². The average molecular weight is 250 g/mol. The largest absolute Gasteiger partial charge is 0.336 e. The lowest BCUT2D eigenvalue weighted by Crippen LogP contribution is -1.98. The standard InChI is InChI=1S/C10H6N2O4S/c13-17(14,15)9-3-1-2-7-6(9)4-5-8-10(7)16-12-11-8/h1-5H,(H,13,14,15). The Kier molecular flexibility index (Phi) is 1.95. The van der Waals surface area contributed by atoms with Crippen molar-refractivity contribution in [3.63, 3.8) is 0 Å². The van der Waals surface area contributed by atoms with E-state index in [0.29, 0.717) is 21.9 Å². The summed E-state index contributed by atoms with van der Waals surface area (Å²) in [5.41, 5.74) is 0.929. The molecule has 1 heterocycles. The van der Waals surface area contributed by atoms with Gasteiger partial charge in [-0.2, -0.15) is 8.42 Å². The van der Waals surface area contributed by atoms with Crippen LogP contribution in [0.5, 0.6) is 0 Å². The van der Waals surface area contributed by atoms with Crippen LogP contribution >= 0.6 is 0 Å². The molecular weight excluding hydrogens is 244 g/mol. The molecule has 0 aliphatic carbocycles. The van der Waals surface area contributed by atoms with Crippen molar-refractivity contribution in [2.75, 3.05) is 0 Å². The number of aromatic nitrogens is 2. The summed E-state index contributed by atoms with van der Waals surface area (Å²) in [6.45, 7) is 0. The highest BCUT2D eigenvalue weighted by Gasteiger charge is 2.16. The third-order valence-electron chi connectivity index (χ3n) is 2.51. The Balaban J connectivity index is 2.57. The van der Waals surface area contributed by atoms with E-state index in [4.69, 9.17) is 9.08 Å². The SMILES string of the molecule is O=S(=O)(O)c1cccc2c1ccc1nnoc12. The first kappa shape index (κ1) is 10.2. The molecule has 0 radical (unpaired) electrons. The van der Waals surface area contributed by atoms with Crippen LogP contribution < -0.4 is 0 Å². The fraction of sp³-hybridized carbons (Fsp3) is 0. The molecule has 7 heteroatoms. The minimum Gasteiger partial charge on any atom is -0.336 e. The number of benzene rings is 2. The van der Waals surface area contributed by atoms with E-state index in [1.807, 2.05) is 0 Å². The molecular formula is C10H6N2O4S. The van der Waals surface area contributed by atoms with Crippen LogP contribution in [0.25, 0.3) is 21.9 Å². The maximum Gasteiger partial charge on any atom is 0.295 e. The summed E-state index contributed by atoms with van der Waals surface area (Å²) in [7, 11) is -4.26. The van der Waals surface area contributed by atoms with Crippen LogP contribution in [0, 0.1) is 0 Å². The highest BCUT2D eigenvalue weighted by molar-refractivity contribution is 7.86. The maximum atomic E-state index is 11.2. The van der Waals surface area contributed by atoms with Gasteiger partial charge in [-0.05, 0) is 12.1 Å². The van der Waals surface area contributed by atoms with Gasteiger partial charge in [-0.15, -0.1) is 5.10 Å². The van der Waals surface area contributed by atoms with Gasteiger partial charge in [-0.3, -0.25) is 4.55 Å². The van der Waals surface area contributed by atoms with Crippen molar-refractivity contribution in [3.05, 3.63) is 30.3 Å². The van der Waals surface area contributed by atoms with Crippen LogP contribution in [-0.2, 0) is 10.1 Å². The first-order chi connectivity index (χ1) is 8.07. The molecule has 0 aliphatic heterocycles. The summed E-state index contributed by atoms with van der Waals surface area (Å²) in [5, 5.41) is 8.06. The van der Waals surface area contributed by atoms with Gasteiger partial charge in [0.25, 0.3) is 10.1 Å². The average Bonchev–Trinajstić information content (AvgIpc) is 2.75. The summed E-state index contributed by atoms with van der Waals surface area (Å²) >= 11 is 0. The summed E-state index contributed by atoms with van der Waals surface area (Å²) < 4.78 is 36.5. The minimum absolute atomic E-state index is 0.159. The molecule has 2 aromatic carbocycles. The molecule has 0 bridgehead atoms. The monoisotopic (exact) mass is 250 g/mol. The van der Waals surface area contributed by atoms with Crippen LogP contribution in [0.1, 0.15) is 0 Å². The molecule has 0 fully saturated rings. The van der Waals surface area contributed by atoms with Crippen molar-refractivity contribution in [2.45, 2.75) is 4.90 Å². The fourth-order valence-electron chi connectivity index (χ4n) is 1.79. The third kappa shape index (κ3) is 1.48. The van der Waals surface area contributed by atoms with Gasteiger partial charge in [0.15, 0.2) is 5.58 Å². The second-order valence-electron chi connectivity index (χ2n) is 3.51. The Morgan fingerprint density at radius 1 is 1.12 bits per heavy atom. The number of rotatable bonds is 1. The molecule has 3 rings (SSSR count). The van der Waals surface area contributed by atoms with Gasteiger partial charge in [-0.1, -0.05) is 18.2 Å². The maximum absolute atomic E-state index is 11.2. The van der Waals surface area contributed by atoms with E-state index in [1.165, 1.54) is 12.1 Å². The normalized spacial score (nSPS) is 12.3. The van der Waals surface area contributed by atoms with Crippen molar-refractivity contribution in [3.8, 4) is 0 Å². The highest BCUT2D eigenvalue weighted by atomic mass is 32.2. The lowest BCUT2D eigenvalue weighted by atomic mass is 10.1. The fourth-order valence-corrected chi connectivity index (χ4v) is 2.50. The molecule has 6 nitrogen and oxygen atoms in total. The number of hydrogen-bond donors (Lipinski definition) is 1. The van der Waals surface area contributed by atoms with Gasteiger partial charge in [0.05, 0.1) is 0 Å². The second-order valence-corrected chi connectivity index (χ2v) is 4.90. The topological polar surface area (TPSA) is 93.3 Å². The lowest BCUT2D eigenvalue weighted by Gasteiger charge is -2.02. The van der Waals surface area contributed by atoms with E-state index >= 15 is 0 Å². The summed E-state index contributed by atoms with van der Waals surface area (Å²) in [5.74, 6) is 0. The van der Waals surface area contributed by atoms with Crippen molar-refractivity contribution >= 4 is 32.0 Å². The molecule has 0 aliphatic rings. The molecule has 0 saturated carbocycles. The smallest absolute Gasteiger partial charge is 0.295 e. The molecule has 17 heavy (non-hydrogen) atoms. The zero-order chi connectivity index (χ0) is 12.0. The van der Waals surface area contributed by atoms with E-state index in [1.54, 1.807) is 18.2 Å². The summed E-state index contributed by atoms with van der Waals surface area (Å²) in [4.78, 5) is -0.159. The number of hydrogen-bond acceptors (Lipinski definition) is 5. The van der Waals surface area contributed by atoms with E-state index in [9.17, 15) is 8.42 Å². The zero-order valence-electron chi connectivity index (χ0n) is 8.36. The first-order valence-corrected chi connectivity index (χ1v) is 6.13. The van der Waals surface area contributed by atoms with Crippen LogP contribution in [0.4, 0.5) is 0 Å². The van der Waals surface area contributed by atoms with Gasteiger partial charge < -0.3 is 4.52 Å². The van der Waals surface area contributed by atoms with Crippen LogP contribution in [0.3, 0.4) is 0 Å². The molecule has 0 atom stereocenters. The molecule has 0 saturated heterocycles. The van der Waals surface area contributed by atoms with Gasteiger partial charge in [0.2, 0.25) is 0 Å². The molecule has 1 aromatic heterocycles. The molecule has 3 aromatic rings. The second kappa shape index (κ2) is 3.25. The molecule has 86 valence electrons. The Hall–Kier alpha value is -1.99. The van der Waals surface area contributed by atoms with Crippen molar-refractivity contribution in [1.29, 1.82) is 0 Å². The first-order valence-electron chi connectivity index (χ1n) is 4.69. The van der Waals surface area contributed by atoms with Crippen LogP contribution in [0.15, 0.2) is 39.8 Å². The lowest BCUT2D eigenvalue weighted by molar-refractivity contribution is 0.426. The van der Waals surface area contributed by atoms with E-state index in [0.717, 1.165) is 0 Å². The predicted octanol–water partition coefficient (Wildman–Crippen LogP) is 1.62. The van der Waals surface area contributed by atoms with Crippen LogP contribution in [0.2, 0.25) is 0 Å². The van der Waals surface area contributed by atoms with Gasteiger partial charge in [0.1, 0.15) is 10.4 Å². The predicted molar refractivity (Wildman–Crippen MR) is 59.1 cm³/mol. The quantitative estimate of drug-likeness (QED) is 0.659. The van der Waals surface area contributed by atoms with Crippen LogP contribution in [-0.4, -0.2) is 23.3 Å². The van der Waals surface area contributed by atoms with Crippen molar-refractivity contribution < 1.29 is 17.5 Å². The van der Waals surface area contributed by atoms with Crippen molar-refractivity contribution in [2.24, 2.45) is 0 Å². The zero-order valence-corrected chi connectivity index (χ0v) is 9.18. The Labute approximate surface area is 95.6 Å². The molecule has 0 amide bonds.